The van der Waals surface area contributed by atoms with Crippen molar-refractivity contribution in [3.63, 3.8) is 0 Å². The van der Waals surface area contributed by atoms with E-state index in [1.807, 2.05) is 0 Å². The van der Waals surface area contributed by atoms with Crippen molar-refractivity contribution in [2.75, 3.05) is 0 Å². The number of rotatable bonds is 2. The summed E-state index contributed by atoms with van der Waals surface area (Å²) in [4.78, 5) is 0. The van der Waals surface area contributed by atoms with Crippen LogP contribution in [0.3, 0.4) is 0 Å². The highest BCUT2D eigenvalue weighted by Gasteiger charge is 2.37. The Morgan fingerprint density at radius 3 is 1.61 bits per heavy atom. The molecule has 0 unspecified atom stereocenters. The van der Waals surface area contributed by atoms with Gasteiger partial charge in [0.2, 0.25) is 0 Å². The first-order valence-corrected chi connectivity index (χ1v) is 5.03. The Labute approximate surface area is 99.0 Å². The first kappa shape index (κ1) is 14.8. The molecular weight excluding hydrogens is 262 g/mol. The van der Waals surface area contributed by atoms with Crippen molar-refractivity contribution in [1.82, 2.24) is 0 Å². The molecule has 0 aliphatic rings. The van der Waals surface area contributed by atoms with E-state index in [2.05, 4.69) is 0 Å². The van der Waals surface area contributed by atoms with Gasteiger partial charge in [-0.15, -0.1) is 0 Å². The number of alkyl halides is 6. The van der Waals surface area contributed by atoms with Crippen molar-refractivity contribution in [1.29, 1.82) is 0 Å². The lowest BCUT2D eigenvalue weighted by molar-refractivity contribution is -0.143. The molecule has 1 nitrogen and oxygen atoms in total. The van der Waals surface area contributed by atoms with E-state index >= 15 is 0 Å². The summed E-state index contributed by atoms with van der Waals surface area (Å²) in [5.74, 6) is 0. The molecule has 102 valence electrons. The third-order valence-electron chi connectivity index (χ3n) is 2.38. The van der Waals surface area contributed by atoms with Gasteiger partial charge in [0, 0.05) is 0 Å². The molecule has 1 N–H and O–H groups in total. The highest BCUT2D eigenvalue weighted by Crippen LogP contribution is 2.37. The molecule has 0 aromatic heterocycles. The summed E-state index contributed by atoms with van der Waals surface area (Å²) in [7, 11) is 0. The van der Waals surface area contributed by atoms with Crippen LogP contribution in [0.15, 0.2) is 18.2 Å². The van der Waals surface area contributed by atoms with Crippen LogP contribution in [-0.2, 0) is 12.4 Å². The van der Waals surface area contributed by atoms with Crippen molar-refractivity contribution in [2.45, 2.75) is 31.8 Å². The molecule has 0 aliphatic carbocycles. The Kier molecular flexibility index (Phi) is 3.95. The van der Waals surface area contributed by atoms with Crippen molar-refractivity contribution in [3.05, 3.63) is 34.9 Å². The standard InChI is InChI=1S/C11H10F6O/c1-2-9(18)6-3-7(10(12,13)14)5-8(4-6)11(15,16)17/h3-5,9,18H,2H2,1H3/t9-/m0/s1. The zero-order chi connectivity index (χ0) is 14.1. The summed E-state index contributed by atoms with van der Waals surface area (Å²) in [6, 6.07) is 1.10. The van der Waals surface area contributed by atoms with E-state index in [1.54, 1.807) is 0 Å². The van der Waals surface area contributed by atoms with Gasteiger partial charge in [-0.3, -0.25) is 0 Å². The Morgan fingerprint density at radius 1 is 0.944 bits per heavy atom. The Bertz CT molecular complexity index is 388. The predicted octanol–water partition coefficient (Wildman–Crippen LogP) is 4.17. The highest BCUT2D eigenvalue weighted by molar-refractivity contribution is 5.34. The van der Waals surface area contributed by atoms with Crippen LogP contribution in [-0.4, -0.2) is 5.11 Å². The lowest BCUT2D eigenvalue weighted by Gasteiger charge is -2.16. The molecule has 7 heteroatoms. The van der Waals surface area contributed by atoms with Gasteiger partial charge in [0.25, 0.3) is 0 Å². The van der Waals surface area contributed by atoms with Crippen molar-refractivity contribution >= 4 is 0 Å². The van der Waals surface area contributed by atoms with Crippen molar-refractivity contribution in [2.24, 2.45) is 0 Å². The molecule has 0 saturated carbocycles. The normalized spacial score (nSPS) is 14.7. The van der Waals surface area contributed by atoms with Crippen LogP contribution in [0.5, 0.6) is 0 Å². The molecule has 0 saturated heterocycles. The highest BCUT2D eigenvalue weighted by atomic mass is 19.4. The Hall–Kier alpha value is -1.24. The maximum Gasteiger partial charge on any atom is 0.416 e. The number of benzene rings is 1. The van der Waals surface area contributed by atoms with Gasteiger partial charge in [-0.05, 0) is 30.2 Å². The molecule has 0 radical (unpaired) electrons. The minimum atomic E-state index is -4.89. The number of halogens is 6. The Morgan fingerprint density at radius 2 is 1.33 bits per heavy atom. The quantitative estimate of drug-likeness (QED) is 0.801. The first-order chi connectivity index (χ1) is 8.05. The van der Waals surface area contributed by atoms with Crippen molar-refractivity contribution in [3.8, 4) is 0 Å². The van der Waals surface area contributed by atoms with Crippen LogP contribution in [0.25, 0.3) is 0 Å². The molecule has 0 spiro atoms. The van der Waals surface area contributed by atoms with Crippen LogP contribution in [0.2, 0.25) is 0 Å². The first-order valence-electron chi connectivity index (χ1n) is 5.03. The fourth-order valence-electron chi connectivity index (χ4n) is 1.41. The SMILES string of the molecule is CC[C@H](O)c1cc(C(F)(F)F)cc(C(F)(F)F)c1. The maximum absolute atomic E-state index is 12.5. The third-order valence-corrected chi connectivity index (χ3v) is 2.38. The molecule has 18 heavy (non-hydrogen) atoms. The molecule has 0 bridgehead atoms. The van der Waals surface area contributed by atoms with Crippen LogP contribution in [0, 0.1) is 0 Å². The summed E-state index contributed by atoms with van der Waals surface area (Å²) in [5, 5.41) is 9.37. The fourth-order valence-corrected chi connectivity index (χ4v) is 1.41. The number of hydrogen-bond acceptors (Lipinski definition) is 1. The van der Waals surface area contributed by atoms with E-state index < -0.39 is 29.6 Å². The zero-order valence-electron chi connectivity index (χ0n) is 9.23. The maximum atomic E-state index is 12.5. The van der Waals surface area contributed by atoms with Gasteiger partial charge >= 0.3 is 12.4 Å². The minimum Gasteiger partial charge on any atom is -0.388 e. The second-order valence-electron chi connectivity index (χ2n) is 3.76. The van der Waals surface area contributed by atoms with Crippen LogP contribution in [0.4, 0.5) is 26.3 Å². The molecular formula is C11H10F6O. The summed E-state index contributed by atoms with van der Waals surface area (Å²) in [6.45, 7) is 1.46. The Balaban J connectivity index is 3.39. The van der Waals surface area contributed by atoms with E-state index in [4.69, 9.17) is 0 Å². The van der Waals surface area contributed by atoms with Gasteiger partial charge in [-0.2, -0.15) is 26.3 Å². The van der Waals surface area contributed by atoms with Crippen LogP contribution in [0.1, 0.15) is 36.1 Å². The van der Waals surface area contributed by atoms with E-state index in [0.717, 1.165) is 0 Å². The molecule has 0 heterocycles. The molecule has 0 aliphatic heterocycles. The van der Waals surface area contributed by atoms with Gasteiger partial charge in [0.05, 0.1) is 17.2 Å². The second-order valence-corrected chi connectivity index (χ2v) is 3.76. The molecule has 1 atom stereocenters. The van der Waals surface area contributed by atoms with Gasteiger partial charge in [0.1, 0.15) is 0 Å². The predicted molar refractivity (Wildman–Crippen MR) is 51.7 cm³/mol. The molecule has 1 rings (SSSR count). The van der Waals surface area contributed by atoms with Crippen LogP contribution >= 0.6 is 0 Å². The van der Waals surface area contributed by atoms with E-state index in [9.17, 15) is 31.4 Å². The fraction of sp³-hybridized carbons (Fsp3) is 0.455. The van der Waals surface area contributed by atoms with E-state index in [-0.39, 0.29) is 18.1 Å². The molecule has 1 aromatic rings. The van der Waals surface area contributed by atoms with E-state index in [1.165, 1.54) is 6.92 Å². The largest absolute Gasteiger partial charge is 0.416 e. The lowest BCUT2D eigenvalue weighted by atomic mass is 10.00. The average molecular weight is 272 g/mol. The van der Waals surface area contributed by atoms with Gasteiger partial charge in [0.15, 0.2) is 0 Å². The summed E-state index contributed by atoms with van der Waals surface area (Å²) in [5.41, 5.74) is -3.22. The average Bonchev–Trinajstić information content (AvgIpc) is 2.25. The smallest absolute Gasteiger partial charge is 0.388 e. The summed E-state index contributed by atoms with van der Waals surface area (Å²) >= 11 is 0. The monoisotopic (exact) mass is 272 g/mol. The molecule has 0 fully saturated rings. The lowest BCUT2D eigenvalue weighted by Crippen LogP contribution is -2.12. The van der Waals surface area contributed by atoms with Crippen LogP contribution < -0.4 is 0 Å². The number of aliphatic hydroxyl groups excluding tert-OH is 1. The van der Waals surface area contributed by atoms with E-state index in [0.29, 0.717) is 12.1 Å². The second kappa shape index (κ2) is 4.79. The summed E-state index contributed by atoms with van der Waals surface area (Å²) in [6.07, 6.45) is -11.1. The number of aliphatic hydroxyl groups is 1. The zero-order valence-corrected chi connectivity index (χ0v) is 9.23. The van der Waals surface area contributed by atoms with Gasteiger partial charge in [-0.25, -0.2) is 0 Å². The topological polar surface area (TPSA) is 20.2 Å². The van der Waals surface area contributed by atoms with Gasteiger partial charge in [-0.1, -0.05) is 6.92 Å². The molecule has 1 aromatic carbocycles. The van der Waals surface area contributed by atoms with Crippen molar-refractivity contribution < 1.29 is 31.4 Å². The molecule has 0 amide bonds. The summed E-state index contributed by atoms with van der Waals surface area (Å²) < 4.78 is 74.7. The third kappa shape index (κ3) is 3.38. The minimum absolute atomic E-state index is 0.0264. The van der Waals surface area contributed by atoms with Gasteiger partial charge < -0.3 is 5.11 Å². The number of hydrogen-bond donors (Lipinski definition) is 1.